The predicted molar refractivity (Wildman–Crippen MR) is 65.5 cm³/mol. The summed E-state index contributed by atoms with van der Waals surface area (Å²) in [4.78, 5) is 0. The van der Waals surface area contributed by atoms with Gasteiger partial charge in [0.2, 0.25) is 0 Å². The highest BCUT2D eigenvalue weighted by Gasteiger charge is 2.00. The second-order valence-electron chi connectivity index (χ2n) is 3.65. The average Bonchev–Trinajstić information content (AvgIpc) is 2.30. The molecule has 2 rings (SSSR count). The summed E-state index contributed by atoms with van der Waals surface area (Å²) in [5.41, 5.74) is 3.04. The van der Waals surface area contributed by atoms with Crippen LogP contribution in [0.3, 0.4) is 0 Å². The van der Waals surface area contributed by atoms with Crippen LogP contribution in [0.4, 0.5) is 15.8 Å². The van der Waals surface area contributed by atoms with Crippen LogP contribution in [0.15, 0.2) is 48.5 Å². The minimum Gasteiger partial charge on any atom is -0.355 e. The number of hydrogen-bond acceptors (Lipinski definition) is 1. The largest absolute Gasteiger partial charge is 0.355 e. The molecule has 0 unspecified atom stereocenters. The van der Waals surface area contributed by atoms with Crippen molar-refractivity contribution in [3.8, 4) is 0 Å². The van der Waals surface area contributed by atoms with Crippen LogP contribution in [-0.4, -0.2) is 0 Å². The Morgan fingerprint density at radius 2 is 1.88 bits per heavy atom. The molecule has 0 bridgehead atoms. The van der Waals surface area contributed by atoms with Gasteiger partial charge in [-0.3, -0.25) is 0 Å². The highest BCUT2D eigenvalue weighted by molar-refractivity contribution is 5.63. The van der Waals surface area contributed by atoms with E-state index in [4.69, 9.17) is 0 Å². The van der Waals surface area contributed by atoms with E-state index in [2.05, 4.69) is 18.3 Å². The zero-order chi connectivity index (χ0) is 11.4. The van der Waals surface area contributed by atoms with E-state index in [1.165, 1.54) is 17.7 Å². The van der Waals surface area contributed by atoms with Gasteiger partial charge >= 0.3 is 0 Å². The van der Waals surface area contributed by atoms with E-state index in [1.807, 2.05) is 24.3 Å². The van der Waals surface area contributed by atoms with Crippen molar-refractivity contribution < 1.29 is 4.39 Å². The molecule has 2 heteroatoms. The van der Waals surface area contributed by atoms with Gasteiger partial charge in [-0.1, -0.05) is 31.2 Å². The molecule has 2 aromatic carbocycles. The molecule has 16 heavy (non-hydrogen) atoms. The third-order valence-corrected chi connectivity index (χ3v) is 2.50. The van der Waals surface area contributed by atoms with E-state index < -0.39 is 0 Å². The van der Waals surface area contributed by atoms with E-state index >= 15 is 0 Å². The van der Waals surface area contributed by atoms with Crippen LogP contribution < -0.4 is 5.32 Å². The molecule has 82 valence electrons. The number of halogens is 1. The fraction of sp³-hybridized carbons (Fsp3) is 0.143. The van der Waals surface area contributed by atoms with Crippen LogP contribution in [0.5, 0.6) is 0 Å². The summed E-state index contributed by atoms with van der Waals surface area (Å²) >= 11 is 0. The lowest BCUT2D eigenvalue weighted by atomic mass is 10.1. The first kappa shape index (κ1) is 10.7. The van der Waals surface area contributed by atoms with Crippen LogP contribution in [0.1, 0.15) is 12.5 Å². The summed E-state index contributed by atoms with van der Waals surface area (Å²) in [6.07, 6.45) is 0.957. The van der Waals surface area contributed by atoms with Crippen LogP contribution in [0, 0.1) is 5.82 Å². The first-order valence-corrected chi connectivity index (χ1v) is 5.40. The molecule has 1 nitrogen and oxygen atoms in total. The quantitative estimate of drug-likeness (QED) is 0.811. The maximum Gasteiger partial charge on any atom is 0.125 e. The van der Waals surface area contributed by atoms with Gasteiger partial charge in [-0.15, -0.1) is 0 Å². The number of aryl methyl sites for hydroxylation is 1. The average molecular weight is 215 g/mol. The minimum atomic E-state index is -0.223. The molecule has 0 aliphatic carbocycles. The molecule has 0 heterocycles. The number of hydrogen-bond donors (Lipinski definition) is 1. The van der Waals surface area contributed by atoms with Crippen molar-refractivity contribution in [2.75, 3.05) is 5.32 Å². The standard InChI is InChI=1S/C14H14FN/c1-2-11-6-3-4-9-14(11)16-13-8-5-7-12(15)10-13/h3-10,16H,2H2,1H3. The first-order chi connectivity index (χ1) is 7.79. The maximum atomic E-state index is 13.0. The van der Waals surface area contributed by atoms with Gasteiger partial charge in [0.15, 0.2) is 0 Å². The Labute approximate surface area is 94.9 Å². The van der Waals surface area contributed by atoms with Gasteiger partial charge in [-0.05, 0) is 36.2 Å². The van der Waals surface area contributed by atoms with E-state index in [1.54, 1.807) is 6.07 Å². The van der Waals surface area contributed by atoms with Gasteiger partial charge in [0.25, 0.3) is 0 Å². The summed E-state index contributed by atoms with van der Waals surface area (Å²) < 4.78 is 13.0. The number of nitrogens with one attached hydrogen (secondary N) is 1. The van der Waals surface area contributed by atoms with Crippen LogP contribution >= 0.6 is 0 Å². The number of benzene rings is 2. The van der Waals surface area contributed by atoms with Crippen molar-refractivity contribution in [2.45, 2.75) is 13.3 Å². The van der Waals surface area contributed by atoms with E-state index in [0.717, 1.165) is 17.8 Å². The van der Waals surface area contributed by atoms with Crippen LogP contribution in [-0.2, 0) is 6.42 Å². The normalized spacial score (nSPS) is 10.1. The lowest BCUT2D eigenvalue weighted by Gasteiger charge is -2.10. The van der Waals surface area contributed by atoms with Gasteiger partial charge < -0.3 is 5.32 Å². The van der Waals surface area contributed by atoms with Crippen LogP contribution in [0.2, 0.25) is 0 Å². The zero-order valence-electron chi connectivity index (χ0n) is 9.20. The first-order valence-electron chi connectivity index (χ1n) is 5.40. The Morgan fingerprint density at radius 1 is 1.06 bits per heavy atom. The number of rotatable bonds is 3. The fourth-order valence-corrected chi connectivity index (χ4v) is 1.67. The molecular formula is C14H14FN. The Morgan fingerprint density at radius 3 is 2.62 bits per heavy atom. The van der Waals surface area contributed by atoms with Gasteiger partial charge in [0.05, 0.1) is 0 Å². The molecule has 0 aromatic heterocycles. The molecule has 0 saturated carbocycles. The van der Waals surface area contributed by atoms with Crippen molar-refractivity contribution in [1.29, 1.82) is 0 Å². The lowest BCUT2D eigenvalue weighted by molar-refractivity contribution is 0.628. The van der Waals surface area contributed by atoms with E-state index in [9.17, 15) is 4.39 Å². The molecule has 0 aliphatic heterocycles. The smallest absolute Gasteiger partial charge is 0.125 e. The van der Waals surface area contributed by atoms with Crippen molar-refractivity contribution in [2.24, 2.45) is 0 Å². The third-order valence-electron chi connectivity index (χ3n) is 2.50. The SMILES string of the molecule is CCc1ccccc1Nc1cccc(F)c1. The fourth-order valence-electron chi connectivity index (χ4n) is 1.67. The topological polar surface area (TPSA) is 12.0 Å². The maximum absolute atomic E-state index is 13.0. The Kier molecular flexibility index (Phi) is 3.20. The van der Waals surface area contributed by atoms with Crippen molar-refractivity contribution in [3.63, 3.8) is 0 Å². The molecule has 0 saturated heterocycles. The van der Waals surface area contributed by atoms with E-state index in [-0.39, 0.29) is 5.82 Å². The molecule has 0 fully saturated rings. The minimum absolute atomic E-state index is 0.223. The number of anilines is 2. The molecule has 0 amide bonds. The Balaban J connectivity index is 2.26. The molecule has 0 radical (unpaired) electrons. The summed E-state index contributed by atoms with van der Waals surface area (Å²) in [7, 11) is 0. The number of para-hydroxylation sites is 1. The predicted octanol–water partition coefficient (Wildman–Crippen LogP) is 4.13. The summed E-state index contributed by atoms with van der Waals surface area (Å²) in [5.74, 6) is -0.223. The van der Waals surface area contributed by atoms with Crippen molar-refractivity contribution in [3.05, 3.63) is 59.9 Å². The van der Waals surface area contributed by atoms with Crippen LogP contribution in [0.25, 0.3) is 0 Å². The van der Waals surface area contributed by atoms with Gasteiger partial charge in [0, 0.05) is 11.4 Å². The lowest BCUT2D eigenvalue weighted by Crippen LogP contribution is -1.95. The third kappa shape index (κ3) is 2.40. The molecule has 2 aromatic rings. The summed E-state index contributed by atoms with van der Waals surface area (Å²) in [6.45, 7) is 2.10. The summed E-state index contributed by atoms with van der Waals surface area (Å²) in [6, 6.07) is 14.5. The Hall–Kier alpha value is -1.83. The highest BCUT2D eigenvalue weighted by Crippen LogP contribution is 2.21. The molecule has 0 aliphatic rings. The monoisotopic (exact) mass is 215 g/mol. The zero-order valence-corrected chi connectivity index (χ0v) is 9.20. The second-order valence-corrected chi connectivity index (χ2v) is 3.65. The molecular weight excluding hydrogens is 201 g/mol. The van der Waals surface area contributed by atoms with Crippen molar-refractivity contribution >= 4 is 11.4 Å². The van der Waals surface area contributed by atoms with Gasteiger partial charge in [-0.2, -0.15) is 0 Å². The van der Waals surface area contributed by atoms with Crippen molar-refractivity contribution in [1.82, 2.24) is 0 Å². The van der Waals surface area contributed by atoms with E-state index in [0.29, 0.717) is 0 Å². The second kappa shape index (κ2) is 4.79. The van der Waals surface area contributed by atoms with Gasteiger partial charge in [0.1, 0.15) is 5.82 Å². The molecule has 1 N–H and O–H groups in total. The Bertz CT molecular complexity index is 480. The summed E-state index contributed by atoms with van der Waals surface area (Å²) in [5, 5.41) is 3.22. The molecule has 0 atom stereocenters. The molecule has 0 spiro atoms. The van der Waals surface area contributed by atoms with Gasteiger partial charge in [-0.25, -0.2) is 4.39 Å². The highest BCUT2D eigenvalue weighted by atomic mass is 19.1.